The summed E-state index contributed by atoms with van der Waals surface area (Å²) in [5.41, 5.74) is 0. The highest BCUT2D eigenvalue weighted by atomic mass is 16.5. The molecule has 8 heavy (non-hydrogen) atoms. The fraction of sp³-hybridized carbons (Fsp3) is 0.333. The van der Waals surface area contributed by atoms with Crippen molar-refractivity contribution < 1.29 is 4.74 Å². The van der Waals surface area contributed by atoms with E-state index in [-0.39, 0.29) is 0 Å². The van der Waals surface area contributed by atoms with Crippen LogP contribution in [0.5, 0.6) is 0 Å². The van der Waals surface area contributed by atoms with Crippen molar-refractivity contribution in [3.8, 4) is 0 Å². The van der Waals surface area contributed by atoms with Crippen molar-refractivity contribution in [3.05, 3.63) is 24.6 Å². The van der Waals surface area contributed by atoms with Crippen LogP contribution < -0.4 is 5.32 Å². The quantitative estimate of drug-likeness (QED) is 0.536. The molecule has 1 N–H and O–H groups in total. The first kappa shape index (κ1) is 5.22. The van der Waals surface area contributed by atoms with E-state index in [1.807, 2.05) is 6.08 Å². The van der Waals surface area contributed by atoms with Crippen LogP contribution in [-0.4, -0.2) is 13.2 Å². The summed E-state index contributed by atoms with van der Waals surface area (Å²) in [6, 6.07) is 0. The van der Waals surface area contributed by atoms with Crippen LogP contribution in [0.2, 0.25) is 0 Å². The highest BCUT2D eigenvalue weighted by Crippen LogP contribution is 1.97. The Morgan fingerprint density at radius 2 is 2.62 bits per heavy atom. The summed E-state index contributed by atoms with van der Waals surface area (Å²) in [4.78, 5) is 0. The summed E-state index contributed by atoms with van der Waals surface area (Å²) in [5, 5.41) is 3.03. The fourth-order valence-electron chi connectivity index (χ4n) is 0.600. The normalized spacial score (nSPS) is 22.2. The molecule has 2 nitrogen and oxygen atoms in total. The number of nitrogens with one attached hydrogen (secondary N) is 1. The van der Waals surface area contributed by atoms with E-state index in [4.69, 9.17) is 4.74 Å². The zero-order valence-electron chi connectivity index (χ0n) is 4.68. The molecule has 0 aromatic heterocycles. The molecule has 0 aromatic rings. The largest absolute Gasteiger partial charge is 0.477 e. The van der Waals surface area contributed by atoms with E-state index in [1.54, 1.807) is 6.08 Å². The molecule has 0 aromatic carbocycles. The van der Waals surface area contributed by atoms with Crippen molar-refractivity contribution >= 4 is 0 Å². The first-order chi connectivity index (χ1) is 3.93. The van der Waals surface area contributed by atoms with Gasteiger partial charge in [-0.3, -0.25) is 0 Å². The highest BCUT2D eigenvalue weighted by molar-refractivity contribution is 5.04. The Kier molecular flexibility index (Phi) is 1.57. The van der Waals surface area contributed by atoms with Crippen molar-refractivity contribution in [2.75, 3.05) is 13.2 Å². The van der Waals surface area contributed by atoms with Gasteiger partial charge >= 0.3 is 0 Å². The minimum Gasteiger partial charge on any atom is -0.477 e. The zero-order chi connectivity index (χ0) is 5.82. The van der Waals surface area contributed by atoms with Gasteiger partial charge in [-0.05, 0) is 6.08 Å². The second kappa shape index (κ2) is 2.40. The van der Waals surface area contributed by atoms with E-state index < -0.39 is 0 Å². The van der Waals surface area contributed by atoms with Crippen LogP contribution >= 0.6 is 0 Å². The molecule has 0 radical (unpaired) electrons. The molecule has 0 bridgehead atoms. The molecule has 0 amide bonds. The monoisotopic (exact) mass is 111 g/mol. The van der Waals surface area contributed by atoms with Crippen LogP contribution in [-0.2, 0) is 4.74 Å². The predicted molar refractivity (Wildman–Crippen MR) is 32.2 cm³/mol. The molecule has 1 aliphatic heterocycles. The van der Waals surface area contributed by atoms with Gasteiger partial charge in [0, 0.05) is 0 Å². The number of rotatable bonds is 1. The Bertz CT molecular complexity index is 110. The van der Waals surface area contributed by atoms with Crippen LogP contribution in [0.4, 0.5) is 0 Å². The first-order valence-electron chi connectivity index (χ1n) is 2.63. The third-order valence-corrected chi connectivity index (χ3v) is 0.928. The van der Waals surface area contributed by atoms with Crippen molar-refractivity contribution in [2.24, 2.45) is 0 Å². The second-order valence-electron chi connectivity index (χ2n) is 1.54. The molecule has 0 spiro atoms. The molecule has 44 valence electrons. The average Bonchev–Trinajstić information content (AvgIpc) is 2.19. The van der Waals surface area contributed by atoms with Gasteiger partial charge in [0.1, 0.15) is 6.61 Å². The molecule has 1 heterocycles. The van der Waals surface area contributed by atoms with Crippen molar-refractivity contribution in [3.63, 3.8) is 0 Å². The summed E-state index contributed by atoms with van der Waals surface area (Å²) in [6.07, 6.45) is 3.51. The average molecular weight is 111 g/mol. The summed E-state index contributed by atoms with van der Waals surface area (Å²) < 4.78 is 5.07. The number of ether oxygens (including phenoxy) is 1. The predicted octanol–water partition coefficient (Wildman–Crippen LogP) is 0.634. The van der Waals surface area contributed by atoms with E-state index >= 15 is 0 Å². The Balaban J connectivity index is 2.44. The smallest absolute Gasteiger partial charge is 0.186 e. The van der Waals surface area contributed by atoms with E-state index in [2.05, 4.69) is 11.9 Å². The van der Waals surface area contributed by atoms with E-state index in [9.17, 15) is 0 Å². The summed E-state index contributed by atoms with van der Waals surface area (Å²) in [6.45, 7) is 5.22. The maximum absolute atomic E-state index is 5.07. The van der Waals surface area contributed by atoms with Crippen molar-refractivity contribution in [2.45, 2.75) is 0 Å². The van der Waals surface area contributed by atoms with Gasteiger partial charge in [-0.25, -0.2) is 0 Å². The standard InChI is InChI=1S/C6H9NO/c1-2-3-6-7-4-5-8-6/h2-3,7H,1,4-5H2. The van der Waals surface area contributed by atoms with Crippen molar-refractivity contribution in [1.29, 1.82) is 0 Å². The fourth-order valence-corrected chi connectivity index (χ4v) is 0.600. The number of hydrogen-bond acceptors (Lipinski definition) is 2. The summed E-state index contributed by atoms with van der Waals surface area (Å²) in [7, 11) is 0. The molecule has 0 unspecified atom stereocenters. The molecular weight excluding hydrogens is 102 g/mol. The lowest BCUT2D eigenvalue weighted by Crippen LogP contribution is -2.03. The molecule has 1 rings (SSSR count). The zero-order valence-corrected chi connectivity index (χ0v) is 4.68. The minimum absolute atomic E-state index is 0.777. The highest BCUT2D eigenvalue weighted by Gasteiger charge is 2.01. The lowest BCUT2D eigenvalue weighted by atomic mass is 10.6. The third-order valence-electron chi connectivity index (χ3n) is 0.928. The second-order valence-corrected chi connectivity index (χ2v) is 1.54. The van der Waals surface area contributed by atoms with Crippen LogP contribution in [0.3, 0.4) is 0 Å². The molecule has 1 fully saturated rings. The van der Waals surface area contributed by atoms with Gasteiger partial charge in [-0.15, -0.1) is 0 Å². The minimum atomic E-state index is 0.777. The van der Waals surface area contributed by atoms with Crippen LogP contribution in [0.15, 0.2) is 24.6 Å². The third kappa shape index (κ3) is 1.03. The SMILES string of the molecule is C=CC=C1NCCO1. The van der Waals surface area contributed by atoms with Gasteiger partial charge in [0.05, 0.1) is 6.54 Å². The molecule has 2 heteroatoms. The number of hydrogen-bond donors (Lipinski definition) is 1. The lowest BCUT2D eigenvalue weighted by Gasteiger charge is -1.92. The van der Waals surface area contributed by atoms with Crippen LogP contribution in [0.25, 0.3) is 0 Å². The van der Waals surface area contributed by atoms with Gasteiger partial charge < -0.3 is 10.1 Å². The topological polar surface area (TPSA) is 21.3 Å². The van der Waals surface area contributed by atoms with E-state index in [0.717, 1.165) is 19.0 Å². The molecule has 1 saturated heterocycles. The molecule has 0 saturated carbocycles. The molecule has 1 aliphatic rings. The van der Waals surface area contributed by atoms with Gasteiger partial charge in [0.25, 0.3) is 0 Å². The maximum Gasteiger partial charge on any atom is 0.186 e. The first-order valence-corrected chi connectivity index (χ1v) is 2.63. The van der Waals surface area contributed by atoms with Crippen LogP contribution in [0.1, 0.15) is 0 Å². The van der Waals surface area contributed by atoms with Gasteiger partial charge in [0.15, 0.2) is 5.88 Å². The van der Waals surface area contributed by atoms with Gasteiger partial charge in [-0.1, -0.05) is 12.7 Å². The Hall–Kier alpha value is -0.920. The molecule has 0 aliphatic carbocycles. The summed E-state index contributed by atoms with van der Waals surface area (Å²) in [5.74, 6) is 0.833. The van der Waals surface area contributed by atoms with E-state index in [1.165, 1.54) is 0 Å². The Labute approximate surface area is 48.8 Å². The van der Waals surface area contributed by atoms with Crippen molar-refractivity contribution in [1.82, 2.24) is 5.32 Å². The summed E-state index contributed by atoms with van der Waals surface area (Å²) >= 11 is 0. The lowest BCUT2D eigenvalue weighted by molar-refractivity contribution is 0.265. The van der Waals surface area contributed by atoms with Gasteiger partial charge in [0.2, 0.25) is 0 Å². The molecular formula is C6H9NO. The number of allylic oxidation sites excluding steroid dienone is 2. The maximum atomic E-state index is 5.07. The van der Waals surface area contributed by atoms with Crippen LogP contribution in [0, 0.1) is 0 Å². The Morgan fingerprint density at radius 1 is 1.75 bits per heavy atom. The Morgan fingerprint density at radius 3 is 3.12 bits per heavy atom. The van der Waals surface area contributed by atoms with E-state index in [0.29, 0.717) is 0 Å². The van der Waals surface area contributed by atoms with Gasteiger partial charge in [-0.2, -0.15) is 0 Å². The molecule has 0 atom stereocenters.